The minimum absolute atomic E-state index is 0.207. The number of hydrogen-bond acceptors (Lipinski definition) is 5. The fourth-order valence-electron chi connectivity index (χ4n) is 2.84. The van der Waals surface area contributed by atoms with Crippen molar-refractivity contribution in [3.63, 3.8) is 0 Å². The second kappa shape index (κ2) is 9.50. The molecule has 1 atom stereocenters. The number of benzene rings is 2. The quantitative estimate of drug-likeness (QED) is 0.605. The van der Waals surface area contributed by atoms with Gasteiger partial charge >= 0.3 is 0 Å². The minimum Gasteiger partial charge on any atom is -0.347 e. The molecule has 148 valence electrons. The fraction of sp³-hybridized carbons (Fsp3) is 0.190. The topological polar surface area (TPSA) is 101 Å². The van der Waals surface area contributed by atoms with Crippen molar-refractivity contribution in [2.45, 2.75) is 12.5 Å². The van der Waals surface area contributed by atoms with Gasteiger partial charge in [-0.2, -0.15) is 10.2 Å². The van der Waals surface area contributed by atoms with Crippen molar-refractivity contribution in [3.05, 3.63) is 71.9 Å². The van der Waals surface area contributed by atoms with E-state index in [9.17, 15) is 18.8 Å². The van der Waals surface area contributed by atoms with Gasteiger partial charge in [0.05, 0.1) is 23.8 Å². The summed E-state index contributed by atoms with van der Waals surface area (Å²) in [7, 11) is 0. The van der Waals surface area contributed by atoms with Gasteiger partial charge in [-0.3, -0.25) is 14.4 Å². The Hall–Kier alpha value is -3.68. The van der Waals surface area contributed by atoms with Gasteiger partial charge in [-0.05, 0) is 11.6 Å². The first kappa shape index (κ1) is 20.1. The van der Waals surface area contributed by atoms with E-state index in [1.54, 1.807) is 24.3 Å². The van der Waals surface area contributed by atoms with Crippen LogP contribution in [0.5, 0.6) is 0 Å². The second-order valence-electron chi connectivity index (χ2n) is 6.38. The number of rotatable bonds is 8. The van der Waals surface area contributed by atoms with Crippen LogP contribution in [0.1, 0.15) is 15.9 Å². The molecule has 8 heteroatoms. The Morgan fingerprint density at radius 3 is 2.48 bits per heavy atom. The van der Waals surface area contributed by atoms with Crippen molar-refractivity contribution in [2.75, 3.05) is 13.2 Å². The average Bonchev–Trinajstić information content (AvgIpc) is 2.76. The number of halogens is 1. The van der Waals surface area contributed by atoms with Gasteiger partial charge in [0.2, 0.25) is 5.91 Å². The highest BCUT2D eigenvalue weighted by atomic mass is 19.1. The molecule has 3 rings (SSSR count). The summed E-state index contributed by atoms with van der Waals surface area (Å²) < 4.78 is 12.4. The maximum Gasteiger partial charge on any atom is 0.254 e. The molecule has 0 radical (unpaired) electrons. The van der Waals surface area contributed by atoms with E-state index in [-0.39, 0.29) is 12.0 Å². The normalized spacial score (nSPS) is 11.6. The molecule has 0 aliphatic carbocycles. The average molecular weight is 394 g/mol. The lowest BCUT2D eigenvalue weighted by molar-refractivity contribution is -0.126. The van der Waals surface area contributed by atoms with Gasteiger partial charge in [-0.15, -0.1) is 0 Å². The summed E-state index contributed by atoms with van der Waals surface area (Å²) in [5.41, 5.74) is 1.65. The van der Waals surface area contributed by atoms with Crippen LogP contribution >= 0.6 is 0 Å². The first-order valence-corrected chi connectivity index (χ1v) is 8.99. The molecule has 29 heavy (non-hydrogen) atoms. The zero-order valence-corrected chi connectivity index (χ0v) is 15.5. The molecule has 7 nitrogen and oxygen atoms in total. The van der Waals surface area contributed by atoms with E-state index in [1.165, 1.54) is 6.20 Å². The molecule has 2 aromatic carbocycles. The highest BCUT2D eigenvalue weighted by Gasteiger charge is 2.23. The third-order valence-electron chi connectivity index (χ3n) is 4.30. The number of aromatic nitrogens is 2. The number of ketones is 1. The Kier molecular flexibility index (Phi) is 6.57. The molecule has 1 heterocycles. The lowest BCUT2D eigenvalue weighted by Gasteiger charge is -2.19. The number of fused-ring (bicyclic) bond motifs is 1. The summed E-state index contributed by atoms with van der Waals surface area (Å²) in [5, 5.41) is 13.5. The maximum absolute atomic E-state index is 12.9. The van der Waals surface area contributed by atoms with Crippen LogP contribution in [0.2, 0.25) is 0 Å². The molecule has 0 fully saturated rings. The van der Waals surface area contributed by atoms with Crippen LogP contribution < -0.4 is 10.6 Å². The smallest absolute Gasteiger partial charge is 0.254 e. The SMILES string of the molecule is O=C(CF)CNC(=O)[C@H](Cc1ccccc1)NC(=O)c1cnnc2ccccc12. The number of nitrogens with zero attached hydrogens (tertiary/aromatic N) is 2. The van der Waals surface area contributed by atoms with E-state index in [1.807, 2.05) is 30.3 Å². The first-order valence-electron chi connectivity index (χ1n) is 8.99. The summed E-state index contributed by atoms with van der Waals surface area (Å²) >= 11 is 0. The lowest BCUT2D eigenvalue weighted by atomic mass is 10.0. The fourth-order valence-corrected chi connectivity index (χ4v) is 2.84. The molecular weight excluding hydrogens is 375 g/mol. The van der Waals surface area contributed by atoms with Gasteiger partial charge in [0.1, 0.15) is 12.7 Å². The van der Waals surface area contributed by atoms with Crippen molar-refractivity contribution in [1.29, 1.82) is 0 Å². The molecule has 0 unspecified atom stereocenters. The van der Waals surface area contributed by atoms with Crippen LogP contribution in [0.3, 0.4) is 0 Å². The Labute approximate surface area is 166 Å². The number of amides is 2. The summed E-state index contributed by atoms with van der Waals surface area (Å²) in [6, 6.07) is 15.2. The number of carbonyl (C=O) groups is 3. The van der Waals surface area contributed by atoms with Crippen molar-refractivity contribution < 1.29 is 18.8 Å². The molecule has 2 N–H and O–H groups in total. The van der Waals surface area contributed by atoms with Crippen LogP contribution in [-0.4, -0.2) is 47.1 Å². The Bertz CT molecular complexity index is 1020. The van der Waals surface area contributed by atoms with E-state index in [0.717, 1.165) is 5.56 Å². The van der Waals surface area contributed by atoms with Crippen LogP contribution in [0.15, 0.2) is 60.8 Å². The Balaban J connectivity index is 1.82. The summed E-state index contributed by atoms with van der Waals surface area (Å²) in [5.74, 6) is -1.81. The van der Waals surface area contributed by atoms with Gasteiger partial charge in [0, 0.05) is 11.8 Å². The lowest BCUT2D eigenvalue weighted by Crippen LogP contribution is -2.49. The van der Waals surface area contributed by atoms with Gasteiger partial charge in [-0.25, -0.2) is 4.39 Å². The minimum atomic E-state index is -1.16. The van der Waals surface area contributed by atoms with Gasteiger partial charge in [-0.1, -0.05) is 48.5 Å². The Morgan fingerprint density at radius 2 is 1.72 bits per heavy atom. The molecule has 0 aliphatic rings. The third-order valence-corrected chi connectivity index (χ3v) is 4.30. The molecule has 2 amide bonds. The zero-order chi connectivity index (χ0) is 20.6. The number of alkyl halides is 1. The van der Waals surface area contributed by atoms with Crippen molar-refractivity contribution >= 4 is 28.5 Å². The first-order chi connectivity index (χ1) is 14.1. The van der Waals surface area contributed by atoms with E-state index >= 15 is 0 Å². The van der Waals surface area contributed by atoms with E-state index in [2.05, 4.69) is 20.8 Å². The molecule has 3 aromatic rings. The summed E-state index contributed by atoms with van der Waals surface area (Å²) in [6.45, 7) is -1.60. The molecule has 0 spiro atoms. The van der Waals surface area contributed by atoms with Gasteiger partial charge < -0.3 is 10.6 Å². The monoisotopic (exact) mass is 394 g/mol. The summed E-state index contributed by atoms with van der Waals surface area (Å²) in [4.78, 5) is 36.6. The second-order valence-corrected chi connectivity index (χ2v) is 6.38. The predicted molar refractivity (Wildman–Crippen MR) is 105 cm³/mol. The molecule has 1 aromatic heterocycles. The van der Waals surface area contributed by atoms with Crippen molar-refractivity contribution in [2.24, 2.45) is 0 Å². The highest BCUT2D eigenvalue weighted by molar-refractivity contribution is 6.07. The third kappa shape index (κ3) is 5.19. The number of carbonyl (C=O) groups excluding carboxylic acids is 3. The largest absolute Gasteiger partial charge is 0.347 e. The van der Waals surface area contributed by atoms with Gasteiger partial charge in [0.25, 0.3) is 5.91 Å². The molecule has 0 aliphatic heterocycles. The molecular formula is C21H19FN4O3. The van der Waals surface area contributed by atoms with Crippen LogP contribution in [0.4, 0.5) is 4.39 Å². The van der Waals surface area contributed by atoms with Crippen LogP contribution in [0, 0.1) is 0 Å². The van der Waals surface area contributed by atoms with Crippen LogP contribution in [-0.2, 0) is 16.0 Å². The zero-order valence-electron chi connectivity index (χ0n) is 15.5. The molecule has 0 saturated carbocycles. The van der Waals surface area contributed by atoms with Crippen molar-refractivity contribution in [1.82, 2.24) is 20.8 Å². The number of hydrogen-bond donors (Lipinski definition) is 2. The van der Waals surface area contributed by atoms with Gasteiger partial charge in [0.15, 0.2) is 5.78 Å². The highest BCUT2D eigenvalue weighted by Crippen LogP contribution is 2.15. The van der Waals surface area contributed by atoms with E-state index in [0.29, 0.717) is 10.9 Å². The number of Topliss-reactive ketones (excluding diaryl/α,β-unsaturated/α-hetero) is 1. The Morgan fingerprint density at radius 1 is 1.00 bits per heavy atom. The van der Waals surface area contributed by atoms with E-state index in [4.69, 9.17) is 0 Å². The number of nitrogens with one attached hydrogen (secondary N) is 2. The maximum atomic E-state index is 12.9. The predicted octanol–water partition coefficient (Wildman–Crippen LogP) is 1.63. The molecule has 0 bridgehead atoms. The summed E-state index contributed by atoms with van der Waals surface area (Å²) in [6.07, 6.45) is 1.54. The van der Waals surface area contributed by atoms with Crippen LogP contribution in [0.25, 0.3) is 10.9 Å². The molecule has 0 saturated heterocycles. The van der Waals surface area contributed by atoms with Crippen molar-refractivity contribution in [3.8, 4) is 0 Å². The van der Waals surface area contributed by atoms with E-state index < -0.39 is 36.9 Å². The standard InChI is InChI=1S/C21H19FN4O3/c22-11-15(27)12-23-21(29)19(10-14-6-2-1-3-7-14)25-20(28)17-13-24-26-18-9-5-4-8-16(17)18/h1-9,13,19H,10-12H2,(H,23,29)(H,25,28)/t19-/m0/s1.